The molecule has 0 aliphatic carbocycles. The van der Waals surface area contributed by atoms with E-state index in [1.165, 1.54) is 11.8 Å². The molecule has 2 aromatic heterocycles. The molecule has 0 amide bonds. The van der Waals surface area contributed by atoms with Crippen LogP contribution in [-0.4, -0.2) is 14.5 Å². The maximum Gasteiger partial charge on any atom is 0.267 e. The molecule has 0 radical (unpaired) electrons. The van der Waals surface area contributed by atoms with Gasteiger partial charge in [-0.15, -0.1) is 0 Å². The number of pyridine rings is 1. The molecule has 0 atom stereocenters. The van der Waals surface area contributed by atoms with E-state index in [0.717, 1.165) is 11.1 Å². The minimum absolute atomic E-state index is 0.153. The fourth-order valence-electron chi connectivity index (χ4n) is 2.95. The largest absolute Gasteiger partial charge is 0.268 e. The average molecular weight is 384 g/mol. The van der Waals surface area contributed by atoms with E-state index in [2.05, 4.69) is 11.1 Å². The number of para-hydroxylation sites is 1. The second kappa shape index (κ2) is 7.67. The molecule has 0 aliphatic heterocycles. The molecule has 4 rings (SSSR count). The fourth-order valence-corrected chi connectivity index (χ4v) is 3.96. The Hall–Kier alpha value is -3.43. The molecule has 6 heteroatoms. The van der Waals surface area contributed by atoms with Gasteiger partial charge in [-0.25, -0.2) is 14.5 Å². The van der Waals surface area contributed by atoms with Crippen LogP contribution in [-0.2, 0) is 5.75 Å². The first-order chi connectivity index (χ1) is 13.7. The summed E-state index contributed by atoms with van der Waals surface area (Å²) in [6, 6.07) is 20.7. The van der Waals surface area contributed by atoms with Crippen LogP contribution in [0.2, 0.25) is 0 Å². The summed E-state index contributed by atoms with van der Waals surface area (Å²) in [7, 11) is 0. The second-order valence-electron chi connectivity index (χ2n) is 6.30. The Balaban J connectivity index is 1.86. The molecule has 0 fully saturated rings. The van der Waals surface area contributed by atoms with Crippen molar-refractivity contribution in [3.05, 3.63) is 93.9 Å². The molecule has 0 saturated heterocycles. The van der Waals surface area contributed by atoms with Gasteiger partial charge < -0.3 is 0 Å². The Labute approximate surface area is 166 Å². The summed E-state index contributed by atoms with van der Waals surface area (Å²) in [4.78, 5) is 22.3. The summed E-state index contributed by atoms with van der Waals surface area (Å²) in [6.07, 6.45) is 1.69. The van der Waals surface area contributed by atoms with E-state index in [1.54, 1.807) is 22.9 Å². The van der Waals surface area contributed by atoms with Gasteiger partial charge in [-0.2, -0.15) is 5.26 Å². The first kappa shape index (κ1) is 18.0. The lowest BCUT2D eigenvalue weighted by Crippen LogP contribution is -2.22. The highest BCUT2D eigenvalue weighted by Crippen LogP contribution is 2.25. The molecule has 0 aliphatic rings. The van der Waals surface area contributed by atoms with Gasteiger partial charge in [0.05, 0.1) is 22.5 Å². The highest BCUT2D eigenvalue weighted by atomic mass is 32.2. The van der Waals surface area contributed by atoms with Crippen LogP contribution < -0.4 is 5.56 Å². The standard InChI is InChI=1S/C22H16N4OS/c1-15-10-11-24-20(12-15)26-21(27)18-8-4-5-9-19(18)25-22(26)28-14-17-7-3-2-6-16(17)13-23/h2-12H,14H2,1H3. The van der Waals surface area contributed by atoms with E-state index >= 15 is 0 Å². The Morgan fingerprint density at radius 1 is 1.11 bits per heavy atom. The van der Waals surface area contributed by atoms with Gasteiger partial charge in [-0.1, -0.05) is 42.1 Å². The van der Waals surface area contributed by atoms with Gasteiger partial charge >= 0.3 is 0 Å². The molecular weight excluding hydrogens is 368 g/mol. The number of nitrogens with zero attached hydrogens (tertiary/aromatic N) is 4. The monoisotopic (exact) mass is 384 g/mol. The SMILES string of the molecule is Cc1ccnc(-n2c(SCc3ccccc3C#N)nc3ccccc3c2=O)c1. The molecule has 0 saturated carbocycles. The van der Waals surface area contributed by atoms with Crippen LogP contribution in [0.25, 0.3) is 16.7 Å². The minimum atomic E-state index is -0.153. The lowest BCUT2D eigenvalue weighted by molar-refractivity contribution is 0.794. The number of hydrogen-bond donors (Lipinski definition) is 0. The van der Waals surface area contributed by atoms with Gasteiger partial charge in [0.1, 0.15) is 5.82 Å². The van der Waals surface area contributed by atoms with Crippen molar-refractivity contribution in [3.8, 4) is 11.9 Å². The van der Waals surface area contributed by atoms with Crippen LogP contribution >= 0.6 is 11.8 Å². The van der Waals surface area contributed by atoms with E-state index in [0.29, 0.717) is 33.2 Å². The van der Waals surface area contributed by atoms with Gasteiger partial charge in [-0.3, -0.25) is 4.79 Å². The molecule has 0 unspecified atom stereocenters. The summed E-state index contributed by atoms with van der Waals surface area (Å²) >= 11 is 1.42. The number of thioether (sulfide) groups is 1. The summed E-state index contributed by atoms with van der Waals surface area (Å²) in [5.41, 5.74) is 3.03. The summed E-state index contributed by atoms with van der Waals surface area (Å²) < 4.78 is 1.55. The Bertz CT molecular complexity index is 1270. The smallest absolute Gasteiger partial charge is 0.267 e. The molecule has 5 nitrogen and oxygen atoms in total. The maximum atomic E-state index is 13.2. The van der Waals surface area contributed by atoms with Crippen molar-refractivity contribution in [2.75, 3.05) is 0 Å². The quantitative estimate of drug-likeness (QED) is 0.388. The summed E-state index contributed by atoms with van der Waals surface area (Å²) in [5, 5.41) is 10.4. The fraction of sp³-hybridized carbons (Fsp3) is 0.0909. The van der Waals surface area contributed by atoms with Crippen molar-refractivity contribution >= 4 is 22.7 Å². The molecule has 2 aromatic carbocycles. The molecule has 136 valence electrons. The summed E-state index contributed by atoms with van der Waals surface area (Å²) in [6.45, 7) is 1.96. The molecule has 2 heterocycles. The second-order valence-corrected chi connectivity index (χ2v) is 7.24. The van der Waals surface area contributed by atoms with E-state index < -0.39 is 0 Å². The highest BCUT2D eigenvalue weighted by Gasteiger charge is 2.15. The average Bonchev–Trinajstić information content (AvgIpc) is 2.72. The van der Waals surface area contributed by atoms with Gasteiger partial charge in [0.25, 0.3) is 5.56 Å². The zero-order chi connectivity index (χ0) is 19.5. The Kier molecular flexibility index (Phi) is 4.92. The molecular formula is C22H16N4OS. The zero-order valence-electron chi connectivity index (χ0n) is 15.2. The predicted molar refractivity (Wildman–Crippen MR) is 111 cm³/mol. The van der Waals surface area contributed by atoms with Crippen LogP contribution in [0.5, 0.6) is 0 Å². The first-order valence-corrected chi connectivity index (χ1v) is 9.71. The third kappa shape index (κ3) is 3.40. The topological polar surface area (TPSA) is 71.6 Å². The molecule has 0 bridgehead atoms. The number of rotatable bonds is 4. The van der Waals surface area contributed by atoms with E-state index in [4.69, 9.17) is 4.98 Å². The van der Waals surface area contributed by atoms with Crippen LogP contribution in [0.3, 0.4) is 0 Å². The van der Waals surface area contributed by atoms with Crippen LogP contribution in [0, 0.1) is 18.3 Å². The van der Waals surface area contributed by atoms with Gasteiger partial charge in [0, 0.05) is 11.9 Å². The zero-order valence-corrected chi connectivity index (χ0v) is 16.0. The van der Waals surface area contributed by atoms with E-state index in [9.17, 15) is 10.1 Å². The number of aromatic nitrogens is 3. The van der Waals surface area contributed by atoms with Gasteiger partial charge in [0.2, 0.25) is 0 Å². The first-order valence-electron chi connectivity index (χ1n) is 8.73. The van der Waals surface area contributed by atoms with E-state index in [1.807, 2.05) is 55.5 Å². The normalized spacial score (nSPS) is 10.7. The number of hydrogen-bond acceptors (Lipinski definition) is 5. The van der Waals surface area contributed by atoms with Crippen molar-refractivity contribution in [2.45, 2.75) is 17.8 Å². The molecule has 4 aromatic rings. The van der Waals surface area contributed by atoms with Crippen LogP contribution in [0.15, 0.2) is 76.8 Å². The maximum absolute atomic E-state index is 13.2. The third-order valence-electron chi connectivity index (χ3n) is 4.37. The van der Waals surface area contributed by atoms with Gasteiger partial charge in [0.15, 0.2) is 5.16 Å². The van der Waals surface area contributed by atoms with E-state index in [-0.39, 0.29) is 5.56 Å². The van der Waals surface area contributed by atoms with Crippen molar-refractivity contribution in [3.63, 3.8) is 0 Å². The molecule has 28 heavy (non-hydrogen) atoms. The van der Waals surface area contributed by atoms with Crippen LogP contribution in [0.4, 0.5) is 0 Å². The lowest BCUT2D eigenvalue weighted by Gasteiger charge is -2.13. The van der Waals surface area contributed by atoms with Crippen molar-refractivity contribution in [2.24, 2.45) is 0 Å². The minimum Gasteiger partial charge on any atom is -0.268 e. The third-order valence-corrected chi connectivity index (χ3v) is 5.36. The van der Waals surface area contributed by atoms with Crippen LogP contribution in [0.1, 0.15) is 16.7 Å². The lowest BCUT2D eigenvalue weighted by atomic mass is 10.1. The van der Waals surface area contributed by atoms with Crippen molar-refractivity contribution in [1.29, 1.82) is 5.26 Å². The number of fused-ring (bicyclic) bond motifs is 1. The predicted octanol–water partition coefficient (Wildman–Crippen LogP) is 4.25. The van der Waals surface area contributed by atoms with Crippen molar-refractivity contribution < 1.29 is 0 Å². The number of nitriles is 1. The van der Waals surface area contributed by atoms with Crippen molar-refractivity contribution in [1.82, 2.24) is 14.5 Å². The Morgan fingerprint density at radius 3 is 2.71 bits per heavy atom. The molecule has 0 N–H and O–H groups in total. The summed E-state index contributed by atoms with van der Waals surface area (Å²) in [5.74, 6) is 1.07. The van der Waals surface area contributed by atoms with Gasteiger partial charge in [-0.05, 0) is 48.4 Å². The number of benzene rings is 2. The molecule has 0 spiro atoms. The number of aryl methyl sites for hydroxylation is 1. The highest BCUT2D eigenvalue weighted by molar-refractivity contribution is 7.98. The Morgan fingerprint density at radius 2 is 1.89 bits per heavy atom.